The lowest BCUT2D eigenvalue weighted by atomic mass is 9.80. The molecule has 2 heterocycles. The van der Waals surface area contributed by atoms with Crippen molar-refractivity contribution < 1.29 is 0 Å². The topological polar surface area (TPSA) is 30.7 Å². The van der Waals surface area contributed by atoms with Gasteiger partial charge in [-0.3, -0.25) is 0 Å². The van der Waals surface area contributed by atoms with Crippen LogP contribution in [-0.4, -0.2) is 14.5 Å². The Hall–Kier alpha value is -4.50. The molecule has 0 unspecified atom stereocenters. The molecule has 4 aromatic carbocycles. The van der Waals surface area contributed by atoms with Crippen LogP contribution in [0.1, 0.15) is 48.1 Å². The number of nitrogens with zero attached hydrogens (tertiary/aromatic N) is 3. The predicted octanol–water partition coefficient (Wildman–Crippen LogP) is 8.39. The molecule has 0 fully saturated rings. The van der Waals surface area contributed by atoms with Crippen molar-refractivity contribution in [1.29, 1.82) is 0 Å². The molecule has 9 rings (SSSR count). The number of hydrogen-bond donors (Lipinski definition) is 0. The monoisotopic (exact) mass is 487 g/mol. The van der Waals surface area contributed by atoms with Crippen molar-refractivity contribution in [2.24, 2.45) is 0 Å². The fraction of sp³-hybridized carbons (Fsp3) is 0.143. The molecule has 3 nitrogen and oxygen atoms in total. The molecule has 2 aromatic heterocycles. The Morgan fingerprint density at radius 1 is 0.842 bits per heavy atom. The van der Waals surface area contributed by atoms with Crippen molar-refractivity contribution in [2.75, 3.05) is 0 Å². The van der Waals surface area contributed by atoms with Gasteiger partial charge in [0.25, 0.3) is 0 Å². The Balaban J connectivity index is 1.44. The zero-order valence-corrected chi connectivity index (χ0v) is 21.4. The quantitative estimate of drug-likeness (QED) is 0.233. The van der Waals surface area contributed by atoms with Gasteiger partial charge in [-0.2, -0.15) is 0 Å². The second-order valence-electron chi connectivity index (χ2n) is 11.4. The summed E-state index contributed by atoms with van der Waals surface area (Å²) in [6.07, 6.45) is 12.7. The predicted molar refractivity (Wildman–Crippen MR) is 157 cm³/mol. The number of aromatic nitrogens is 3. The van der Waals surface area contributed by atoms with Crippen LogP contribution in [0, 0.1) is 0 Å². The molecule has 0 spiro atoms. The van der Waals surface area contributed by atoms with Gasteiger partial charge in [-0.25, -0.2) is 9.97 Å². The molecule has 0 amide bonds. The van der Waals surface area contributed by atoms with E-state index in [1.54, 1.807) is 6.33 Å². The van der Waals surface area contributed by atoms with Gasteiger partial charge in [-0.15, -0.1) is 0 Å². The molecule has 0 radical (unpaired) electrons. The summed E-state index contributed by atoms with van der Waals surface area (Å²) in [5.41, 5.74) is 15.4. The summed E-state index contributed by atoms with van der Waals surface area (Å²) in [5.74, 6) is 0. The lowest BCUT2D eigenvalue weighted by Gasteiger charge is -2.25. The second-order valence-corrected chi connectivity index (χ2v) is 11.4. The van der Waals surface area contributed by atoms with Crippen molar-refractivity contribution in [2.45, 2.75) is 32.1 Å². The zero-order valence-electron chi connectivity index (χ0n) is 21.4. The van der Waals surface area contributed by atoms with Gasteiger partial charge in [-0.05, 0) is 74.9 Å². The first kappa shape index (κ1) is 20.5. The first-order chi connectivity index (χ1) is 18.6. The highest BCUT2D eigenvalue weighted by Gasteiger charge is 2.38. The molecule has 0 N–H and O–H groups in total. The largest absolute Gasteiger partial charge is 0.306 e. The average molecular weight is 488 g/mol. The second kappa shape index (κ2) is 6.87. The molecule has 3 heteroatoms. The third-order valence-electron chi connectivity index (χ3n) is 9.15. The Kier molecular flexibility index (Phi) is 3.72. The highest BCUT2D eigenvalue weighted by Crippen LogP contribution is 2.53. The van der Waals surface area contributed by atoms with Gasteiger partial charge in [0.1, 0.15) is 11.8 Å². The molecule has 180 valence electrons. The number of allylic oxidation sites excluding steroid dienone is 3. The molecule has 38 heavy (non-hydrogen) atoms. The molecule has 0 aliphatic heterocycles. The molecule has 0 saturated heterocycles. The van der Waals surface area contributed by atoms with Crippen LogP contribution in [0.15, 0.2) is 85.3 Å². The van der Waals surface area contributed by atoms with E-state index < -0.39 is 0 Å². The average Bonchev–Trinajstić information content (AvgIpc) is 3.41. The van der Waals surface area contributed by atoms with E-state index in [1.165, 1.54) is 71.9 Å². The van der Waals surface area contributed by atoms with Gasteiger partial charge in [0.15, 0.2) is 0 Å². The first-order valence-corrected chi connectivity index (χ1v) is 13.5. The third-order valence-corrected chi connectivity index (χ3v) is 9.15. The summed E-state index contributed by atoms with van der Waals surface area (Å²) in [5, 5.41) is 3.95. The number of benzene rings is 4. The van der Waals surface area contributed by atoms with Crippen LogP contribution in [0.4, 0.5) is 0 Å². The van der Waals surface area contributed by atoms with E-state index in [0.717, 1.165) is 23.9 Å². The van der Waals surface area contributed by atoms with E-state index in [1.807, 2.05) is 6.20 Å². The maximum absolute atomic E-state index is 4.90. The van der Waals surface area contributed by atoms with Crippen LogP contribution < -0.4 is 0 Å². The van der Waals surface area contributed by atoms with E-state index in [4.69, 9.17) is 4.98 Å². The Bertz CT molecular complexity index is 2100. The van der Waals surface area contributed by atoms with Crippen molar-refractivity contribution in [1.82, 2.24) is 14.5 Å². The van der Waals surface area contributed by atoms with Crippen molar-refractivity contribution in [3.8, 4) is 16.8 Å². The van der Waals surface area contributed by atoms with Gasteiger partial charge in [0.2, 0.25) is 0 Å². The van der Waals surface area contributed by atoms with Crippen LogP contribution in [-0.2, 0) is 11.8 Å². The van der Waals surface area contributed by atoms with Crippen LogP contribution in [0.2, 0.25) is 0 Å². The highest BCUT2D eigenvalue weighted by atomic mass is 15.0. The zero-order chi connectivity index (χ0) is 25.2. The van der Waals surface area contributed by atoms with Crippen molar-refractivity contribution in [3.63, 3.8) is 0 Å². The summed E-state index contributed by atoms with van der Waals surface area (Å²) < 4.78 is 2.41. The molecule has 3 aliphatic rings. The molecule has 0 bridgehead atoms. The van der Waals surface area contributed by atoms with Crippen LogP contribution >= 0.6 is 0 Å². The van der Waals surface area contributed by atoms with Crippen molar-refractivity contribution in [3.05, 3.63) is 113 Å². The third kappa shape index (κ3) is 2.36. The van der Waals surface area contributed by atoms with E-state index in [-0.39, 0.29) is 5.41 Å². The lowest BCUT2D eigenvalue weighted by molar-refractivity contribution is 0.666. The smallest absolute Gasteiger partial charge is 0.116 e. The maximum atomic E-state index is 4.90. The SMILES string of the molecule is CC1(C)c2ccccc2-c2ccc3c(c21)c1ncncc1n3-c1ccc2c3c4c(ccc13)C=CCC4=CC2. The number of fused-ring (bicyclic) bond motifs is 7. The highest BCUT2D eigenvalue weighted by molar-refractivity contribution is 6.14. The molecule has 3 aliphatic carbocycles. The van der Waals surface area contributed by atoms with Crippen molar-refractivity contribution >= 4 is 44.4 Å². The van der Waals surface area contributed by atoms with Gasteiger partial charge >= 0.3 is 0 Å². The lowest BCUT2D eigenvalue weighted by Crippen LogP contribution is -2.15. The molecule has 6 aromatic rings. The molecular weight excluding hydrogens is 462 g/mol. The van der Waals surface area contributed by atoms with E-state index in [0.29, 0.717) is 0 Å². The fourth-order valence-electron chi connectivity index (χ4n) is 7.56. The first-order valence-electron chi connectivity index (χ1n) is 13.5. The Labute approximate surface area is 220 Å². The molecule has 0 saturated carbocycles. The van der Waals surface area contributed by atoms with Gasteiger partial charge in [0.05, 0.1) is 22.9 Å². The Morgan fingerprint density at radius 3 is 2.71 bits per heavy atom. The van der Waals surface area contributed by atoms with E-state index in [2.05, 4.69) is 102 Å². The van der Waals surface area contributed by atoms with Gasteiger partial charge in [0, 0.05) is 16.2 Å². The van der Waals surface area contributed by atoms with E-state index in [9.17, 15) is 0 Å². The van der Waals surface area contributed by atoms with Crippen LogP contribution in [0.3, 0.4) is 0 Å². The minimum absolute atomic E-state index is 0.118. The minimum atomic E-state index is -0.118. The van der Waals surface area contributed by atoms with E-state index >= 15 is 0 Å². The summed E-state index contributed by atoms with van der Waals surface area (Å²) >= 11 is 0. The van der Waals surface area contributed by atoms with Crippen LogP contribution in [0.5, 0.6) is 0 Å². The van der Waals surface area contributed by atoms with Gasteiger partial charge < -0.3 is 4.57 Å². The molecule has 0 atom stereocenters. The summed E-state index contributed by atoms with van der Waals surface area (Å²) in [7, 11) is 0. The summed E-state index contributed by atoms with van der Waals surface area (Å²) in [6.45, 7) is 4.71. The van der Waals surface area contributed by atoms with Crippen LogP contribution in [0.25, 0.3) is 61.2 Å². The minimum Gasteiger partial charge on any atom is -0.306 e. The fourth-order valence-corrected chi connectivity index (χ4v) is 7.56. The summed E-state index contributed by atoms with van der Waals surface area (Å²) in [4.78, 5) is 9.41. The maximum Gasteiger partial charge on any atom is 0.116 e. The normalized spacial score (nSPS) is 16.2. The standard InChI is InChI=1S/C35H25N3/c1-35(2)26-9-4-3-8-23(26)24-15-17-28-32(33(24)35)34-29(18-36-19-37-34)38(28)27-16-13-22-11-10-20-6-5-7-21-12-14-25(27)31(22)30(20)21/h3-5,7-10,12-19H,6,11H2,1-2H3. The van der Waals surface area contributed by atoms with Gasteiger partial charge in [-0.1, -0.05) is 80.6 Å². The molecular formula is C35H25N3. The number of hydrogen-bond acceptors (Lipinski definition) is 2. The summed E-state index contributed by atoms with van der Waals surface area (Å²) in [6, 6.07) is 22.7. The Morgan fingerprint density at radius 2 is 1.76 bits per heavy atom. The number of rotatable bonds is 1.